The van der Waals surface area contributed by atoms with Gasteiger partial charge in [-0.1, -0.05) is 11.6 Å². The molecule has 0 unspecified atom stereocenters. The van der Waals surface area contributed by atoms with Crippen LogP contribution in [0, 0.1) is 11.7 Å². The number of benzene rings is 2. The van der Waals surface area contributed by atoms with E-state index in [1.165, 1.54) is 24.3 Å². The number of likely N-dealkylation sites (tertiary alicyclic amines) is 1. The average molecular weight is 484 g/mol. The summed E-state index contributed by atoms with van der Waals surface area (Å²) in [6.07, 6.45) is 1.38. The van der Waals surface area contributed by atoms with Crippen molar-refractivity contribution in [3.8, 4) is 5.75 Å². The Bertz CT molecular complexity index is 908. The van der Waals surface area contributed by atoms with Crippen LogP contribution in [0.2, 0.25) is 5.02 Å². The average Bonchev–Trinajstić information content (AvgIpc) is 2.70. The number of carbonyl (C=O) groups is 2. The molecule has 1 aliphatic rings. The number of hydrogen-bond donors (Lipinski definition) is 1. The van der Waals surface area contributed by atoms with Crippen molar-refractivity contribution in [1.29, 1.82) is 0 Å². The minimum atomic E-state index is -0.393. The molecule has 1 saturated heterocycles. The SMILES string of the molecule is CCOc1c(Br)cc(Cl)cc1NC(=O)[C@@H]1CCCN(C(=O)c2ccc(F)cc2)C1. The molecule has 1 aliphatic heterocycles. The van der Waals surface area contributed by atoms with Crippen LogP contribution in [0.25, 0.3) is 0 Å². The summed E-state index contributed by atoms with van der Waals surface area (Å²) in [4.78, 5) is 27.2. The number of halogens is 3. The normalized spacial score (nSPS) is 16.4. The lowest BCUT2D eigenvalue weighted by atomic mass is 9.96. The van der Waals surface area contributed by atoms with Gasteiger partial charge >= 0.3 is 0 Å². The highest BCUT2D eigenvalue weighted by Gasteiger charge is 2.29. The Balaban J connectivity index is 1.72. The summed E-state index contributed by atoms with van der Waals surface area (Å²) in [5.74, 6) is -0.643. The molecule has 0 radical (unpaired) electrons. The number of nitrogens with one attached hydrogen (secondary N) is 1. The smallest absolute Gasteiger partial charge is 0.253 e. The number of hydrogen-bond acceptors (Lipinski definition) is 3. The van der Waals surface area contributed by atoms with Crippen molar-refractivity contribution in [2.75, 3.05) is 25.0 Å². The fourth-order valence-corrected chi connectivity index (χ4v) is 4.25. The molecule has 29 heavy (non-hydrogen) atoms. The molecule has 1 N–H and O–H groups in total. The fraction of sp³-hybridized carbons (Fsp3) is 0.333. The number of carbonyl (C=O) groups excluding carboxylic acids is 2. The van der Waals surface area contributed by atoms with Crippen LogP contribution in [0.3, 0.4) is 0 Å². The lowest BCUT2D eigenvalue weighted by Crippen LogP contribution is -2.43. The van der Waals surface area contributed by atoms with Crippen molar-refractivity contribution >= 4 is 45.0 Å². The predicted octanol–water partition coefficient (Wildman–Crippen LogP) is 5.13. The Kier molecular flexibility index (Phi) is 7.14. The summed E-state index contributed by atoms with van der Waals surface area (Å²) < 4.78 is 19.4. The van der Waals surface area contributed by atoms with Crippen LogP contribution < -0.4 is 10.1 Å². The van der Waals surface area contributed by atoms with Crippen molar-refractivity contribution in [3.63, 3.8) is 0 Å². The molecule has 2 aromatic rings. The summed E-state index contributed by atoms with van der Waals surface area (Å²) in [6, 6.07) is 8.77. The van der Waals surface area contributed by atoms with E-state index >= 15 is 0 Å². The standard InChI is InChI=1S/C21H21BrClFN2O3/c1-2-29-19-17(22)10-15(23)11-18(19)25-20(27)14-4-3-9-26(12-14)21(28)13-5-7-16(24)8-6-13/h5-8,10-11,14H,2-4,9,12H2,1H3,(H,25,27)/t14-/m1/s1. The Morgan fingerprint density at radius 3 is 2.72 bits per heavy atom. The van der Waals surface area contributed by atoms with Crippen molar-refractivity contribution in [3.05, 3.63) is 57.3 Å². The van der Waals surface area contributed by atoms with Crippen molar-refractivity contribution in [1.82, 2.24) is 4.90 Å². The van der Waals surface area contributed by atoms with Gasteiger partial charge in [0.15, 0.2) is 5.75 Å². The number of nitrogens with zero attached hydrogens (tertiary/aromatic N) is 1. The zero-order chi connectivity index (χ0) is 21.0. The fourth-order valence-electron chi connectivity index (χ4n) is 3.33. The Morgan fingerprint density at radius 1 is 1.31 bits per heavy atom. The van der Waals surface area contributed by atoms with Gasteiger partial charge in [-0.2, -0.15) is 0 Å². The first kappa shape index (κ1) is 21.6. The van der Waals surface area contributed by atoms with E-state index in [2.05, 4.69) is 21.2 Å². The molecule has 5 nitrogen and oxygen atoms in total. The first-order chi connectivity index (χ1) is 13.9. The summed E-state index contributed by atoms with van der Waals surface area (Å²) in [5, 5.41) is 3.35. The molecule has 8 heteroatoms. The van der Waals surface area contributed by atoms with Crippen LogP contribution in [-0.4, -0.2) is 36.4 Å². The van der Waals surface area contributed by atoms with Gasteiger partial charge in [0, 0.05) is 23.7 Å². The molecule has 0 bridgehead atoms. The number of rotatable bonds is 5. The van der Waals surface area contributed by atoms with Crippen LogP contribution in [0.1, 0.15) is 30.1 Å². The van der Waals surface area contributed by atoms with E-state index in [0.29, 0.717) is 59.0 Å². The number of anilines is 1. The second-order valence-corrected chi connectivity index (χ2v) is 8.07. The van der Waals surface area contributed by atoms with Gasteiger partial charge in [-0.05, 0) is 72.1 Å². The van der Waals surface area contributed by atoms with Crippen molar-refractivity contribution in [2.24, 2.45) is 5.92 Å². The van der Waals surface area contributed by atoms with E-state index in [9.17, 15) is 14.0 Å². The van der Waals surface area contributed by atoms with Crippen molar-refractivity contribution < 1.29 is 18.7 Å². The molecule has 1 fully saturated rings. The molecule has 1 heterocycles. The van der Waals surface area contributed by atoms with Gasteiger partial charge in [-0.3, -0.25) is 9.59 Å². The third-order valence-corrected chi connectivity index (χ3v) is 5.53. The quantitative estimate of drug-likeness (QED) is 0.641. The van der Waals surface area contributed by atoms with E-state index in [1.807, 2.05) is 6.92 Å². The van der Waals surface area contributed by atoms with E-state index < -0.39 is 5.82 Å². The van der Waals surface area contributed by atoms with Gasteiger partial charge in [-0.25, -0.2) is 4.39 Å². The summed E-state index contributed by atoms with van der Waals surface area (Å²) in [7, 11) is 0. The molecule has 2 aromatic carbocycles. The molecule has 0 saturated carbocycles. The summed E-state index contributed by atoms with van der Waals surface area (Å²) in [5.41, 5.74) is 0.892. The molecule has 0 aliphatic carbocycles. The van der Waals surface area contributed by atoms with Crippen molar-refractivity contribution in [2.45, 2.75) is 19.8 Å². The van der Waals surface area contributed by atoms with Crippen LogP contribution >= 0.6 is 27.5 Å². The number of amides is 2. The highest BCUT2D eigenvalue weighted by molar-refractivity contribution is 9.10. The van der Waals surface area contributed by atoms with Gasteiger partial charge in [0.05, 0.1) is 22.7 Å². The van der Waals surface area contributed by atoms with Crippen LogP contribution in [0.4, 0.5) is 10.1 Å². The van der Waals surface area contributed by atoms with Gasteiger partial charge < -0.3 is 15.0 Å². The number of piperidine rings is 1. The third-order valence-electron chi connectivity index (χ3n) is 4.73. The molecule has 154 valence electrons. The van der Waals surface area contributed by atoms with Gasteiger partial charge in [-0.15, -0.1) is 0 Å². The lowest BCUT2D eigenvalue weighted by molar-refractivity contribution is -0.121. The highest BCUT2D eigenvalue weighted by atomic mass is 79.9. The molecular formula is C21H21BrClFN2O3. The first-order valence-corrected chi connectivity index (χ1v) is 10.5. The first-order valence-electron chi connectivity index (χ1n) is 9.36. The largest absolute Gasteiger partial charge is 0.491 e. The monoisotopic (exact) mass is 482 g/mol. The minimum absolute atomic E-state index is 0.197. The molecule has 3 rings (SSSR count). The zero-order valence-corrected chi connectivity index (χ0v) is 18.2. The molecule has 1 atom stereocenters. The maximum atomic E-state index is 13.1. The van der Waals surface area contributed by atoms with E-state index in [-0.39, 0.29) is 17.7 Å². The molecule has 0 aromatic heterocycles. The zero-order valence-electron chi connectivity index (χ0n) is 15.9. The molecular weight excluding hydrogens is 463 g/mol. The highest BCUT2D eigenvalue weighted by Crippen LogP contribution is 2.37. The number of ether oxygens (including phenoxy) is 1. The summed E-state index contributed by atoms with van der Waals surface area (Å²) >= 11 is 9.52. The van der Waals surface area contributed by atoms with E-state index in [4.69, 9.17) is 16.3 Å². The maximum absolute atomic E-state index is 13.1. The topological polar surface area (TPSA) is 58.6 Å². The van der Waals surface area contributed by atoms with E-state index in [1.54, 1.807) is 17.0 Å². The molecule has 2 amide bonds. The van der Waals surface area contributed by atoms with Crippen LogP contribution in [-0.2, 0) is 4.79 Å². The maximum Gasteiger partial charge on any atom is 0.253 e. The van der Waals surface area contributed by atoms with Crippen LogP contribution in [0.5, 0.6) is 5.75 Å². The summed E-state index contributed by atoms with van der Waals surface area (Å²) in [6.45, 7) is 3.15. The minimum Gasteiger partial charge on any atom is -0.491 e. The third kappa shape index (κ3) is 5.28. The Morgan fingerprint density at radius 2 is 2.03 bits per heavy atom. The second-order valence-electron chi connectivity index (χ2n) is 6.78. The molecule has 0 spiro atoms. The van der Waals surface area contributed by atoms with Gasteiger partial charge in [0.25, 0.3) is 5.91 Å². The van der Waals surface area contributed by atoms with E-state index in [0.717, 1.165) is 0 Å². The van der Waals surface area contributed by atoms with Gasteiger partial charge in [0.1, 0.15) is 5.82 Å². The Hall–Kier alpha value is -2.12. The van der Waals surface area contributed by atoms with Gasteiger partial charge in [0.2, 0.25) is 5.91 Å². The second kappa shape index (κ2) is 9.59. The van der Waals surface area contributed by atoms with Crippen LogP contribution in [0.15, 0.2) is 40.9 Å². The lowest BCUT2D eigenvalue weighted by Gasteiger charge is -2.32. The predicted molar refractivity (Wildman–Crippen MR) is 114 cm³/mol. The Labute approximate surface area is 182 Å².